The van der Waals surface area contributed by atoms with Gasteiger partial charge in [-0.05, 0) is 24.3 Å². The van der Waals surface area contributed by atoms with E-state index >= 15 is 0 Å². The Labute approximate surface area is 160 Å². The van der Waals surface area contributed by atoms with Crippen LogP contribution in [-0.2, 0) is 13.5 Å². The Kier molecular flexibility index (Phi) is 4.60. The number of carbonyl (C=O) groups excluding carboxylic acids is 1. The zero-order chi connectivity index (χ0) is 18.8. The van der Waals surface area contributed by atoms with Crippen LogP contribution in [0.3, 0.4) is 0 Å². The molecule has 1 N–H and O–H groups in total. The summed E-state index contributed by atoms with van der Waals surface area (Å²) in [6.07, 6.45) is 2.48. The van der Waals surface area contributed by atoms with Gasteiger partial charge in [-0.15, -0.1) is 10.2 Å². The van der Waals surface area contributed by atoms with E-state index in [-0.39, 0.29) is 5.91 Å². The minimum atomic E-state index is -0.197. The average Bonchev–Trinajstić information content (AvgIpc) is 3.26. The number of fused-ring (bicyclic) bond motifs is 1. The molecule has 0 spiro atoms. The molecule has 3 aromatic heterocycles. The molecule has 0 atom stereocenters. The fourth-order valence-electron chi connectivity index (χ4n) is 2.92. The number of nitrogens with zero attached hydrogens (tertiary/aromatic N) is 5. The first-order chi connectivity index (χ1) is 13.1. The summed E-state index contributed by atoms with van der Waals surface area (Å²) in [4.78, 5) is 12.5. The van der Waals surface area contributed by atoms with Crippen LogP contribution in [0.5, 0.6) is 0 Å². The summed E-state index contributed by atoms with van der Waals surface area (Å²) in [6.45, 7) is 0.446. The van der Waals surface area contributed by atoms with Gasteiger partial charge in [-0.1, -0.05) is 35.9 Å². The lowest BCUT2D eigenvalue weighted by atomic mass is 10.1. The van der Waals surface area contributed by atoms with Crippen molar-refractivity contribution in [3.63, 3.8) is 0 Å². The number of carbonyl (C=O) groups is 1. The lowest BCUT2D eigenvalue weighted by Crippen LogP contribution is -2.28. The van der Waals surface area contributed by atoms with Crippen LogP contribution in [0.4, 0.5) is 0 Å². The van der Waals surface area contributed by atoms with Crippen LogP contribution in [0.1, 0.15) is 16.3 Å². The lowest BCUT2D eigenvalue weighted by Gasteiger charge is -2.04. The number of halogens is 1. The Bertz CT molecular complexity index is 1120. The van der Waals surface area contributed by atoms with Crippen molar-refractivity contribution in [2.75, 3.05) is 6.54 Å². The van der Waals surface area contributed by atoms with E-state index in [2.05, 4.69) is 20.6 Å². The number of nitrogens with one attached hydrogen (secondary N) is 1. The maximum Gasteiger partial charge on any atom is 0.269 e. The van der Waals surface area contributed by atoms with Crippen molar-refractivity contribution >= 4 is 23.2 Å². The van der Waals surface area contributed by atoms with Gasteiger partial charge in [0.1, 0.15) is 11.5 Å². The van der Waals surface area contributed by atoms with Crippen molar-refractivity contribution < 1.29 is 4.79 Å². The van der Waals surface area contributed by atoms with E-state index in [1.54, 1.807) is 23.9 Å². The molecule has 1 aromatic carbocycles. The van der Waals surface area contributed by atoms with E-state index in [0.29, 0.717) is 29.4 Å². The zero-order valence-corrected chi connectivity index (χ0v) is 15.4. The van der Waals surface area contributed by atoms with Gasteiger partial charge in [0.05, 0.1) is 10.7 Å². The number of hydrogen-bond acceptors (Lipinski definition) is 4. The topological polar surface area (TPSA) is 77.1 Å². The molecule has 0 radical (unpaired) electrons. The molecule has 136 valence electrons. The third-order valence-electron chi connectivity index (χ3n) is 4.28. The second-order valence-electron chi connectivity index (χ2n) is 6.07. The van der Waals surface area contributed by atoms with Crippen LogP contribution in [-0.4, -0.2) is 36.8 Å². The van der Waals surface area contributed by atoms with Crippen LogP contribution < -0.4 is 5.32 Å². The van der Waals surface area contributed by atoms with Crippen LogP contribution in [0.25, 0.3) is 16.9 Å². The number of hydrogen-bond donors (Lipinski definition) is 1. The fourth-order valence-corrected chi connectivity index (χ4v) is 3.15. The zero-order valence-electron chi connectivity index (χ0n) is 14.6. The molecule has 8 heteroatoms. The van der Waals surface area contributed by atoms with Gasteiger partial charge in [0.2, 0.25) is 0 Å². The van der Waals surface area contributed by atoms with Crippen LogP contribution in [0.2, 0.25) is 5.02 Å². The summed E-state index contributed by atoms with van der Waals surface area (Å²) in [5.74, 6) is 0.602. The summed E-state index contributed by atoms with van der Waals surface area (Å²) < 4.78 is 3.46. The second kappa shape index (κ2) is 7.20. The van der Waals surface area contributed by atoms with Gasteiger partial charge in [0.15, 0.2) is 5.65 Å². The highest BCUT2D eigenvalue weighted by molar-refractivity contribution is 6.33. The molecule has 0 unspecified atom stereocenters. The Morgan fingerprint density at radius 3 is 2.81 bits per heavy atom. The Morgan fingerprint density at radius 2 is 1.96 bits per heavy atom. The molecule has 0 fully saturated rings. The molecule has 27 heavy (non-hydrogen) atoms. The van der Waals surface area contributed by atoms with Crippen molar-refractivity contribution in [2.24, 2.45) is 7.05 Å². The quantitative estimate of drug-likeness (QED) is 0.577. The minimum Gasteiger partial charge on any atom is -0.350 e. The molecule has 7 nitrogen and oxygen atoms in total. The van der Waals surface area contributed by atoms with E-state index in [9.17, 15) is 4.79 Å². The van der Waals surface area contributed by atoms with Crippen molar-refractivity contribution in [3.05, 3.63) is 71.3 Å². The van der Waals surface area contributed by atoms with Gasteiger partial charge in [0, 0.05) is 31.8 Å². The van der Waals surface area contributed by atoms with Gasteiger partial charge < -0.3 is 5.32 Å². The van der Waals surface area contributed by atoms with E-state index in [0.717, 1.165) is 17.0 Å². The fraction of sp³-hybridized carbons (Fsp3) is 0.158. The third kappa shape index (κ3) is 3.41. The molecule has 0 saturated heterocycles. The highest BCUT2D eigenvalue weighted by atomic mass is 35.5. The Balaban J connectivity index is 1.45. The predicted molar refractivity (Wildman–Crippen MR) is 103 cm³/mol. The minimum absolute atomic E-state index is 0.197. The second-order valence-corrected chi connectivity index (χ2v) is 6.48. The standard InChI is InChI=1S/C19H17ClN6O/c1-25-16(12-15(24-25)13-6-2-3-7-14(13)20)19(27)21-10-9-18-23-22-17-8-4-5-11-26(17)18/h2-8,11-12H,9-10H2,1H3,(H,21,27). The molecule has 0 bridgehead atoms. The van der Waals surface area contributed by atoms with E-state index in [4.69, 9.17) is 11.6 Å². The van der Waals surface area contributed by atoms with Gasteiger partial charge in [-0.25, -0.2) is 0 Å². The van der Waals surface area contributed by atoms with Crippen molar-refractivity contribution in [2.45, 2.75) is 6.42 Å². The van der Waals surface area contributed by atoms with E-state index in [1.807, 2.05) is 47.0 Å². The number of aryl methyl sites for hydroxylation is 1. The summed E-state index contributed by atoms with van der Waals surface area (Å²) >= 11 is 6.22. The highest BCUT2D eigenvalue weighted by Crippen LogP contribution is 2.26. The van der Waals surface area contributed by atoms with E-state index < -0.39 is 0 Å². The summed E-state index contributed by atoms with van der Waals surface area (Å²) in [5.41, 5.74) is 2.71. The Morgan fingerprint density at radius 1 is 1.15 bits per heavy atom. The van der Waals surface area contributed by atoms with Crippen molar-refractivity contribution in [3.8, 4) is 11.3 Å². The SMILES string of the molecule is Cn1nc(-c2ccccc2Cl)cc1C(=O)NCCc1nnc2ccccn12. The molecule has 4 aromatic rings. The van der Waals surface area contributed by atoms with Gasteiger partial charge >= 0.3 is 0 Å². The summed E-state index contributed by atoms with van der Waals surface area (Å²) in [7, 11) is 1.74. The van der Waals surface area contributed by atoms with Crippen LogP contribution in [0.15, 0.2) is 54.7 Å². The predicted octanol–water partition coefficient (Wildman–Crippen LogP) is 2.76. The van der Waals surface area contributed by atoms with Gasteiger partial charge in [-0.3, -0.25) is 13.9 Å². The molecule has 0 aliphatic heterocycles. The number of rotatable bonds is 5. The molecule has 3 heterocycles. The van der Waals surface area contributed by atoms with Crippen LogP contribution in [0, 0.1) is 0 Å². The monoisotopic (exact) mass is 380 g/mol. The molecule has 1 amide bonds. The van der Waals surface area contributed by atoms with Crippen molar-refractivity contribution in [1.82, 2.24) is 29.7 Å². The number of benzene rings is 1. The maximum absolute atomic E-state index is 12.5. The van der Waals surface area contributed by atoms with Crippen molar-refractivity contribution in [1.29, 1.82) is 0 Å². The first-order valence-electron chi connectivity index (χ1n) is 8.49. The summed E-state index contributed by atoms with van der Waals surface area (Å²) in [6, 6.07) is 14.9. The third-order valence-corrected chi connectivity index (χ3v) is 4.61. The molecule has 0 saturated carbocycles. The molecule has 0 aliphatic carbocycles. The number of aromatic nitrogens is 5. The molecular weight excluding hydrogens is 364 g/mol. The average molecular weight is 381 g/mol. The number of amides is 1. The van der Waals surface area contributed by atoms with Gasteiger partial charge in [-0.2, -0.15) is 5.10 Å². The summed E-state index contributed by atoms with van der Waals surface area (Å²) in [5, 5.41) is 16.2. The highest BCUT2D eigenvalue weighted by Gasteiger charge is 2.15. The smallest absolute Gasteiger partial charge is 0.269 e. The normalized spacial score (nSPS) is 11.0. The van der Waals surface area contributed by atoms with Gasteiger partial charge in [0.25, 0.3) is 5.91 Å². The molecule has 4 rings (SSSR count). The maximum atomic E-state index is 12.5. The molecular formula is C19H17ClN6O. The Hall–Kier alpha value is -3.19. The van der Waals surface area contributed by atoms with Crippen LogP contribution >= 0.6 is 11.6 Å². The first-order valence-corrected chi connectivity index (χ1v) is 8.87. The largest absolute Gasteiger partial charge is 0.350 e. The lowest BCUT2D eigenvalue weighted by molar-refractivity contribution is 0.0944. The molecule has 0 aliphatic rings. The number of pyridine rings is 1. The van der Waals surface area contributed by atoms with E-state index in [1.165, 1.54) is 0 Å². The first kappa shape index (κ1) is 17.2.